The molecule has 2 aromatic rings. The highest BCUT2D eigenvalue weighted by molar-refractivity contribution is 7.10. The van der Waals surface area contributed by atoms with Gasteiger partial charge < -0.3 is 10.6 Å². The van der Waals surface area contributed by atoms with Crippen LogP contribution in [-0.2, 0) is 0 Å². The number of urea groups is 1. The summed E-state index contributed by atoms with van der Waals surface area (Å²) >= 11 is 1.64. The van der Waals surface area contributed by atoms with Crippen molar-refractivity contribution in [1.29, 1.82) is 0 Å². The van der Waals surface area contributed by atoms with E-state index in [1.165, 1.54) is 0 Å². The molecule has 1 fully saturated rings. The Kier molecular flexibility index (Phi) is 4.85. The molecule has 0 saturated carbocycles. The van der Waals surface area contributed by atoms with Gasteiger partial charge in [0.25, 0.3) is 5.91 Å². The number of thiophene rings is 1. The first-order chi connectivity index (χ1) is 11.6. The monoisotopic (exact) mass is 343 g/mol. The SMILES string of the molecule is CC(C)C(NC(=O)c1cccc(N2CCNC2=O)c1)c1cccs1. The molecule has 1 saturated heterocycles. The zero-order valence-electron chi connectivity index (χ0n) is 13.8. The highest BCUT2D eigenvalue weighted by Crippen LogP contribution is 2.26. The van der Waals surface area contributed by atoms with E-state index >= 15 is 0 Å². The molecule has 0 spiro atoms. The number of carbonyl (C=O) groups is 2. The van der Waals surface area contributed by atoms with Crippen molar-refractivity contribution in [3.05, 3.63) is 52.2 Å². The van der Waals surface area contributed by atoms with E-state index in [9.17, 15) is 9.59 Å². The smallest absolute Gasteiger partial charge is 0.321 e. The quantitative estimate of drug-likeness (QED) is 0.874. The summed E-state index contributed by atoms with van der Waals surface area (Å²) in [5.41, 5.74) is 1.31. The molecule has 3 amide bonds. The van der Waals surface area contributed by atoms with Crippen LogP contribution in [0.3, 0.4) is 0 Å². The maximum absolute atomic E-state index is 12.7. The van der Waals surface area contributed by atoms with Gasteiger partial charge in [-0.25, -0.2) is 4.79 Å². The van der Waals surface area contributed by atoms with Gasteiger partial charge in [0.05, 0.1) is 6.04 Å². The number of rotatable bonds is 5. The fourth-order valence-corrected chi connectivity index (χ4v) is 3.74. The van der Waals surface area contributed by atoms with Crippen molar-refractivity contribution in [3.63, 3.8) is 0 Å². The predicted molar refractivity (Wildman–Crippen MR) is 96.6 cm³/mol. The highest BCUT2D eigenvalue weighted by Gasteiger charge is 2.23. The van der Waals surface area contributed by atoms with Gasteiger partial charge in [-0.3, -0.25) is 9.69 Å². The van der Waals surface area contributed by atoms with E-state index in [4.69, 9.17) is 0 Å². The third-order valence-corrected chi connectivity index (χ3v) is 5.04. The lowest BCUT2D eigenvalue weighted by atomic mass is 10.0. The summed E-state index contributed by atoms with van der Waals surface area (Å²) in [5, 5.41) is 7.90. The van der Waals surface area contributed by atoms with Gasteiger partial charge in [0.1, 0.15) is 0 Å². The Balaban J connectivity index is 1.78. The van der Waals surface area contributed by atoms with Gasteiger partial charge in [0.15, 0.2) is 0 Å². The number of benzene rings is 1. The third kappa shape index (κ3) is 3.43. The van der Waals surface area contributed by atoms with Crippen LogP contribution in [-0.4, -0.2) is 25.0 Å². The van der Waals surface area contributed by atoms with E-state index in [2.05, 4.69) is 24.5 Å². The van der Waals surface area contributed by atoms with E-state index in [0.717, 1.165) is 10.6 Å². The van der Waals surface area contributed by atoms with Gasteiger partial charge in [0, 0.05) is 29.2 Å². The molecule has 6 heteroatoms. The molecule has 1 aromatic carbocycles. The molecule has 126 valence electrons. The van der Waals surface area contributed by atoms with E-state index < -0.39 is 0 Å². The maximum Gasteiger partial charge on any atom is 0.321 e. The van der Waals surface area contributed by atoms with Crippen LogP contribution < -0.4 is 15.5 Å². The molecule has 3 rings (SSSR count). The predicted octanol–water partition coefficient (Wildman–Crippen LogP) is 3.40. The average molecular weight is 343 g/mol. The number of nitrogens with one attached hydrogen (secondary N) is 2. The van der Waals surface area contributed by atoms with Crippen molar-refractivity contribution in [3.8, 4) is 0 Å². The number of carbonyl (C=O) groups excluding carboxylic acids is 2. The average Bonchev–Trinajstić information content (AvgIpc) is 3.23. The summed E-state index contributed by atoms with van der Waals surface area (Å²) in [6.45, 7) is 5.43. The fourth-order valence-electron chi connectivity index (χ4n) is 2.79. The zero-order chi connectivity index (χ0) is 17.1. The Morgan fingerprint density at radius 2 is 2.12 bits per heavy atom. The van der Waals surface area contributed by atoms with Crippen molar-refractivity contribution in [2.45, 2.75) is 19.9 Å². The van der Waals surface area contributed by atoms with Crippen LogP contribution in [0.4, 0.5) is 10.5 Å². The number of amides is 3. The van der Waals surface area contributed by atoms with Gasteiger partial charge in [-0.2, -0.15) is 0 Å². The standard InChI is InChI=1S/C18H21N3O2S/c1-12(2)16(15-7-4-10-24-15)20-17(22)13-5-3-6-14(11-13)21-9-8-19-18(21)23/h3-7,10-12,16H,8-9H2,1-2H3,(H,19,23)(H,20,22). The minimum atomic E-state index is -0.122. The Labute approximate surface area is 145 Å². The van der Waals surface area contributed by atoms with Gasteiger partial charge in [-0.1, -0.05) is 26.0 Å². The minimum Gasteiger partial charge on any atom is -0.344 e. The number of hydrogen-bond donors (Lipinski definition) is 2. The first-order valence-electron chi connectivity index (χ1n) is 8.06. The molecule has 0 radical (unpaired) electrons. The fraction of sp³-hybridized carbons (Fsp3) is 0.333. The van der Waals surface area contributed by atoms with Crippen molar-refractivity contribution in [1.82, 2.24) is 10.6 Å². The van der Waals surface area contributed by atoms with Crippen LogP contribution in [0.1, 0.15) is 35.1 Å². The van der Waals surface area contributed by atoms with Crippen LogP contribution in [0, 0.1) is 5.92 Å². The second-order valence-electron chi connectivity index (χ2n) is 6.14. The molecular weight excluding hydrogens is 322 g/mol. The second kappa shape index (κ2) is 7.05. The highest BCUT2D eigenvalue weighted by atomic mass is 32.1. The van der Waals surface area contributed by atoms with Crippen LogP contribution >= 0.6 is 11.3 Å². The lowest BCUT2D eigenvalue weighted by molar-refractivity contribution is 0.0926. The number of hydrogen-bond acceptors (Lipinski definition) is 3. The number of anilines is 1. The largest absolute Gasteiger partial charge is 0.344 e. The molecule has 1 aromatic heterocycles. The van der Waals surface area contributed by atoms with Crippen LogP contribution in [0.15, 0.2) is 41.8 Å². The molecule has 1 aliphatic heterocycles. The Hall–Kier alpha value is -2.34. The number of nitrogens with zero attached hydrogens (tertiary/aromatic N) is 1. The Bertz CT molecular complexity index is 728. The summed E-state index contributed by atoms with van der Waals surface area (Å²) in [6.07, 6.45) is 0. The summed E-state index contributed by atoms with van der Waals surface area (Å²) < 4.78 is 0. The van der Waals surface area contributed by atoms with Crippen LogP contribution in [0.5, 0.6) is 0 Å². The Morgan fingerprint density at radius 3 is 2.75 bits per heavy atom. The van der Waals surface area contributed by atoms with Crippen molar-refractivity contribution < 1.29 is 9.59 Å². The molecule has 5 nitrogen and oxygen atoms in total. The minimum absolute atomic E-state index is 0.0174. The second-order valence-corrected chi connectivity index (χ2v) is 7.12. The zero-order valence-corrected chi connectivity index (χ0v) is 14.6. The molecule has 1 aliphatic rings. The lowest BCUT2D eigenvalue weighted by Crippen LogP contribution is -2.32. The first kappa shape index (κ1) is 16.5. The molecular formula is C18H21N3O2S. The molecule has 24 heavy (non-hydrogen) atoms. The van der Waals surface area contributed by atoms with E-state index in [-0.39, 0.29) is 18.0 Å². The van der Waals surface area contributed by atoms with Crippen molar-refractivity contribution in [2.75, 3.05) is 18.0 Å². The van der Waals surface area contributed by atoms with E-state index in [1.54, 1.807) is 28.4 Å². The van der Waals surface area contributed by atoms with E-state index in [1.807, 2.05) is 29.6 Å². The van der Waals surface area contributed by atoms with Gasteiger partial charge in [0.2, 0.25) is 0 Å². The van der Waals surface area contributed by atoms with Crippen molar-refractivity contribution >= 4 is 29.0 Å². The normalized spacial score (nSPS) is 15.5. The molecule has 1 unspecified atom stereocenters. The molecule has 2 N–H and O–H groups in total. The summed E-state index contributed by atoms with van der Waals surface area (Å²) in [7, 11) is 0. The van der Waals surface area contributed by atoms with Gasteiger partial charge in [-0.05, 0) is 35.6 Å². The van der Waals surface area contributed by atoms with Crippen LogP contribution in [0.2, 0.25) is 0 Å². The Morgan fingerprint density at radius 1 is 1.29 bits per heavy atom. The van der Waals surface area contributed by atoms with Gasteiger partial charge >= 0.3 is 6.03 Å². The van der Waals surface area contributed by atoms with E-state index in [0.29, 0.717) is 24.6 Å². The third-order valence-electron chi connectivity index (χ3n) is 4.08. The van der Waals surface area contributed by atoms with Gasteiger partial charge in [-0.15, -0.1) is 11.3 Å². The topological polar surface area (TPSA) is 61.4 Å². The lowest BCUT2D eigenvalue weighted by Gasteiger charge is -2.22. The summed E-state index contributed by atoms with van der Waals surface area (Å²) in [5.74, 6) is 0.170. The first-order valence-corrected chi connectivity index (χ1v) is 8.94. The summed E-state index contributed by atoms with van der Waals surface area (Å²) in [6, 6.07) is 11.1. The maximum atomic E-state index is 12.7. The molecule has 0 bridgehead atoms. The molecule has 0 aliphatic carbocycles. The molecule has 1 atom stereocenters. The molecule has 2 heterocycles. The summed E-state index contributed by atoms with van der Waals surface area (Å²) in [4.78, 5) is 27.3. The van der Waals surface area contributed by atoms with Crippen LogP contribution in [0.25, 0.3) is 0 Å². The van der Waals surface area contributed by atoms with Crippen molar-refractivity contribution in [2.24, 2.45) is 5.92 Å².